The molecular weight excluding hydrogens is 286 g/mol. The molecule has 4 nitrogen and oxygen atoms in total. The van der Waals surface area contributed by atoms with Gasteiger partial charge in [-0.1, -0.05) is 6.07 Å². The standard InChI is InChI=1S/C16H13NO3S/c1-10-6-7-13(21-10)9-14-16(18)20-15(17-14)11-4-3-5-12(8-11)19-2/h3-9H,1-2H3. The van der Waals surface area contributed by atoms with E-state index in [1.807, 2.05) is 37.3 Å². The van der Waals surface area contributed by atoms with Crippen molar-refractivity contribution >= 4 is 29.3 Å². The molecule has 0 N–H and O–H groups in total. The smallest absolute Gasteiger partial charge is 0.363 e. The molecule has 0 saturated heterocycles. The molecule has 0 amide bonds. The summed E-state index contributed by atoms with van der Waals surface area (Å²) in [6, 6.07) is 11.2. The lowest BCUT2D eigenvalue weighted by Crippen LogP contribution is -2.05. The first kappa shape index (κ1) is 13.6. The number of cyclic esters (lactones) is 1. The normalized spacial score (nSPS) is 16.0. The van der Waals surface area contributed by atoms with Crippen LogP contribution in [-0.4, -0.2) is 19.0 Å². The third kappa shape index (κ3) is 2.87. The number of nitrogens with zero attached hydrogens (tertiary/aromatic N) is 1. The molecule has 2 heterocycles. The first-order valence-electron chi connectivity index (χ1n) is 6.39. The molecule has 21 heavy (non-hydrogen) atoms. The predicted octanol–water partition coefficient (Wildman–Crippen LogP) is 3.41. The third-order valence-corrected chi connectivity index (χ3v) is 3.93. The summed E-state index contributed by atoms with van der Waals surface area (Å²) in [5.41, 5.74) is 1.03. The van der Waals surface area contributed by atoms with Crippen LogP contribution in [0.25, 0.3) is 6.08 Å². The number of carbonyl (C=O) groups is 1. The lowest BCUT2D eigenvalue weighted by Gasteiger charge is -2.02. The van der Waals surface area contributed by atoms with Crippen LogP contribution < -0.4 is 4.74 Å². The fourth-order valence-electron chi connectivity index (χ4n) is 1.95. The highest BCUT2D eigenvalue weighted by Crippen LogP contribution is 2.24. The van der Waals surface area contributed by atoms with Crippen LogP contribution in [0.3, 0.4) is 0 Å². The molecule has 0 radical (unpaired) electrons. The van der Waals surface area contributed by atoms with Crippen LogP contribution in [0.1, 0.15) is 15.3 Å². The van der Waals surface area contributed by atoms with E-state index in [9.17, 15) is 4.79 Å². The van der Waals surface area contributed by atoms with Crippen LogP contribution in [0, 0.1) is 6.92 Å². The van der Waals surface area contributed by atoms with Crippen molar-refractivity contribution in [2.45, 2.75) is 6.92 Å². The fourth-order valence-corrected chi connectivity index (χ4v) is 2.77. The second-order valence-corrected chi connectivity index (χ2v) is 5.84. The topological polar surface area (TPSA) is 47.9 Å². The highest BCUT2D eigenvalue weighted by atomic mass is 32.1. The average molecular weight is 299 g/mol. The van der Waals surface area contributed by atoms with Crippen molar-refractivity contribution in [3.63, 3.8) is 0 Å². The SMILES string of the molecule is COc1cccc(C2=NC(=Cc3ccc(C)s3)C(=O)O2)c1. The quantitative estimate of drug-likeness (QED) is 0.644. The van der Waals surface area contributed by atoms with Crippen molar-refractivity contribution < 1.29 is 14.3 Å². The van der Waals surface area contributed by atoms with Gasteiger partial charge in [0.05, 0.1) is 7.11 Å². The number of esters is 1. The highest BCUT2D eigenvalue weighted by Gasteiger charge is 2.24. The van der Waals surface area contributed by atoms with Crippen LogP contribution >= 0.6 is 11.3 Å². The van der Waals surface area contributed by atoms with Crippen LogP contribution in [0.4, 0.5) is 0 Å². The van der Waals surface area contributed by atoms with Gasteiger partial charge in [-0.05, 0) is 43.3 Å². The van der Waals surface area contributed by atoms with Gasteiger partial charge in [-0.25, -0.2) is 9.79 Å². The second kappa shape index (κ2) is 5.54. The summed E-state index contributed by atoms with van der Waals surface area (Å²) in [7, 11) is 1.59. The minimum Gasteiger partial charge on any atom is -0.497 e. The molecule has 2 aromatic rings. The number of hydrogen-bond acceptors (Lipinski definition) is 5. The van der Waals surface area contributed by atoms with Crippen molar-refractivity contribution in [1.82, 2.24) is 0 Å². The van der Waals surface area contributed by atoms with Gasteiger partial charge in [-0.2, -0.15) is 0 Å². The number of carbonyl (C=O) groups excluding carboxylic acids is 1. The minimum absolute atomic E-state index is 0.304. The summed E-state index contributed by atoms with van der Waals surface area (Å²) in [5.74, 6) is 0.565. The Bertz CT molecular complexity index is 758. The summed E-state index contributed by atoms with van der Waals surface area (Å²) in [4.78, 5) is 18.3. The minimum atomic E-state index is -0.432. The third-order valence-electron chi connectivity index (χ3n) is 2.98. The number of aliphatic imine (C=N–C) groups is 1. The maximum atomic E-state index is 11.9. The van der Waals surface area contributed by atoms with Crippen molar-refractivity contribution in [1.29, 1.82) is 0 Å². The molecule has 0 bridgehead atoms. The Balaban J connectivity index is 1.93. The maximum absolute atomic E-state index is 11.9. The fraction of sp³-hybridized carbons (Fsp3) is 0.125. The highest BCUT2D eigenvalue weighted by molar-refractivity contribution is 7.12. The number of benzene rings is 1. The molecule has 0 spiro atoms. The Hall–Kier alpha value is -2.40. The van der Waals surface area contributed by atoms with Gasteiger partial charge in [0.25, 0.3) is 0 Å². The zero-order chi connectivity index (χ0) is 14.8. The first-order chi connectivity index (χ1) is 10.2. The predicted molar refractivity (Wildman–Crippen MR) is 82.7 cm³/mol. The molecule has 0 atom stereocenters. The molecule has 1 aliphatic rings. The summed E-state index contributed by atoms with van der Waals surface area (Å²) in [6.45, 7) is 2.02. The van der Waals surface area contributed by atoms with Crippen LogP contribution in [0.15, 0.2) is 47.1 Å². The van der Waals surface area contributed by atoms with Gasteiger partial charge >= 0.3 is 5.97 Å². The van der Waals surface area contributed by atoms with E-state index >= 15 is 0 Å². The van der Waals surface area contributed by atoms with E-state index in [2.05, 4.69) is 4.99 Å². The number of rotatable bonds is 3. The van der Waals surface area contributed by atoms with E-state index in [4.69, 9.17) is 9.47 Å². The molecule has 3 rings (SSSR count). The van der Waals surface area contributed by atoms with Gasteiger partial charge in [0, 0.05) is 15.3 Å². The number of aryl methyl sites for hydroxylation is 1. The van der Waals surface area contributed by atoms with E-state index in [1.165, 1.54) is 4.88 Å². The lowest BCUT2D eigenvalue weighted by molar-refractivity contribution is -0.129. The van der Waals surface area contributed by atoms with E-state index in [0.717, 1.165) is 4.88 Å². The van der Waals surface area contributed by atoms with Crippen molar-refractivity contribution in [3.05, 3.63) is 57.4 Å². The summed E-state index contributed by atoms with van der Waals surface area (Å²) >= 11 is 1.61. The molecule has 1 aromatic heterocycles. The van der Waals surface area contributed by atoms with Crippen LogP contribution in [-0.2, 0) is 9.53 Å². The van der Waals surface area contributed by atoms with Crippen molar-refractivity contribution in [3.8, 4) is 5.75 Å². The first-order valence-corrected chi connectivity index (χ1v) is 7.21. The van der Waals surface area contributed by atoms with Gasteiger partial charge in [0.1, 0.15) is 5.75 Å². The number of hydrogen-bond donors (Lipinski definition) is 0. The summed E-state index contributed by atoms with van der Waals surface area (Å²) in [5, 5.41) is 0. The van der Waals surface area contributed by atoms with Crippen LogP contribution in [0.2, 0.25) is 0 Å². The Kier molecular flexibility index (Phi) is 3.58. The van der Waals surface area contributed by atoms with Gasteiger partial charge < -0.3 is 9.47 Å². The Morgan fingerprint density at radius 3 is 2.86 bits per heavy atom. The van der Waals surface area contributed by atoms with E-state index < -0.39 is 5.97 Å². The lowest BCUT2D eigenvalue weighted by atomic mass is 10.2. The second-order valence-electron chi connectivity index (χ2n) is 4.52. The Labute approximate surface area is 126 Å². The van der Waals surface area contributed by atoms with E-state index in [1.54, 1.807) is 30.6 Å². The molecule has 5 heteroatoms. The van der Waals surface area contributed by atoms with Crippen molar-refractivity contribution in [2.75, 3.05) is 7.11 Å². The zero-order valence-corrected chi connectivity index (χ0v) is 12.4. The molecular formula is C16H13NO3S. The van der Waals surface area contributed by atoms with E-state index in [-0.39, 0.29) is 0 Å². The van der Waals surface area contributed by atoms with Gasteiger partial charge in [0.15, 0.2) is 5.70 Å². The summed E-state index contributed by atoms with van der Waals surface area (Å²) in [6.07, 6.45) is 1.74. The number of methoxy groups -OCH3 is 1. The number of ether oxygens (including phenoxy) is 2. The molecule has 0 unspecified atom stereocenters. The Morgan fingerprint density at radius 1 is 1.29 bits per heavy atom. The largest absolute Gasteiger partial charge is 0.497 e. The van der Waals surface area contributed by atoms with E-state index in [0.29, 0.717) is 22.9 Å². The molecule has 0 aliphatic carbocycles. The molecule has 1 aromatic carbocycles. The Morgan fingerprint density at radius 2 is 2.14 bits per heavy atom. The zero-order valence-electron chi connectivity index (χ0n) is 11.6. The molecule has 106 valence electrons. The molecule has 0 saturated carbocycles. The number of thiophene rings is 1. The maximum Gasteiger partial charge on any atom is 0.363 e. The van der Waals surface area contributed by atoms with Crippen LogP contribution in [0.5, 0.6) is 5.75 Å². The monoisotopic (exact) mass is 299 g/mol. The van der Waals surface area contributed by atoms with Crippen molar-refractivity contribution in [2.24, 2.45) is 4.99 Å². The van der Waals surface area contributed by atoms with Gasteiger partial charge in [0.2, 0.25) is 5.90 Å². The molecule has 0 fully saturated rings. The average Bonchev–Trinajstić information content (AvgIpc) is 3.06. The molecule has 1 aliphatic heterocycles. The van der Waals surface area contributed by atoms with Gasteiger partial charge in [-0.3, -0.25) is 0 Å². The summed E-state index contributed by atoms with van der Waals surface area (Å²) < 4.78 is 10.4. The van der Waals surface area contributed by atoms with Gasteiger partial charge in [-0.15, -0.1) is 11.3 Å².